The Bertz CT molecular complexity index is 177. The van der Waals surface area contributed by atoms with Gasteiger partial charge in [0.05, 0.1) is 6.61 Å². The van der Waals surface area contributed by atoms with Crippen molar-refractivity contribution in [3.63, 3.8) is 0 Å². The van der Waals surface area contributed by atoms with Gasteiger partial charge in [0.15, 0.2) is 0 Å². The van der Waals surface area contributed by atoms with Crippen molar-refractivity contribution in [3.8, 4) is 0 Å². The fraction of sp³-hybridized carbons (Fsp3) is 1.00. The SMILES string of the molecule is CNC1CC(C)CC(C)C1SCCOC. The highest BCUT2D eigenvalue weighted by Gasteiger charge is 2.32. The van der Waals surface area contributed by atoms with Gasteiger partial charge in [0.2, 0.25) is 0 Å². The lowest BCUT2D eigenvalue weighted by molar-refractivity contribution is 0.217. The second kappa shape index (κ2) is 6.77. The number of methoxy groups -OCH3 is 1. The summed E-state index contributed by atoms with van der Waals surface area (Å²) in [6, 6.07) is 0.686. The molecule has 0 aliphatic heterocycles. The van der Waals surface area contributed by atoms with Crippen LogP contribution in [0.3, 0.4) is 0 Å². The molecule has 0 aromatic heterocycles. The van der Waals surface area contributed by atoms with E-state index in [2.05, 4.69) is 38.0 Å². The first-order chi connectivity index (χ1) is 7.19. The van der Waals surface area contributed by atoms with E-state index in [1.807, 2.05) is 0 Å². The molecule has 1 N–H and O–H groups in total. The Morgan fingerprint density at radius 1 is 1.33 bits per heavy atom. The molecular formula is C12H25NOS. The topological polar surface area (TPSA) is 21.3 Å². The quantitative estimate of drug-likeness (QED) is 0.734. The van der Waals surface area contributed by atoms with Crippen LogP contribution in [-0.4, -0.2) is 37.8 Å². The summed E-state index contributed by atoms with van der Waals surface area (Å²) in [6.07, 6.45) is 2.70. The molecule has 1 aliphatic rings. The van der Waals surface area contributed by atoms with Crippen molar-refractivity contribution in [2.45, 2.75) is 38.0 Å². The number of hydrogen-bond donors (Lipinski definition) is 1. The first-order valence-corrected chi connectivity index (χ1v) is 7.01. The van der Waals surface area contributed by atoms with E-state index in [1.165, 1.54) is 12.8 Å². The van der Waals surface area contributed by atoms with Crippen molar-refractivity contribution in [2.24, 2.45) is 11.8 Å². The van der Waals surface area contributed by atoms with E-state index < -0.39 is 0 Å². The Morgan fingerprint density at radius 3 is 2.67 bits per heavy atom. The Labute approximate surface area is 98.5 Å². The average molecular weight is 231 g/mol. The number of ether oxygens (including phenoxy) is 1. The fourth-order valence-corrected chi connectivity index (χ4v) is 4.11. The van der Waals surface area contributed by atoms with Gasteiger partial charge < -0.3 is 10.1 Å². The molecule has 1 aliphatic carbocycles. The largest absolute Gasteiger partial charge is 0.384 e. The molecule has 1 saturated carbocycles. The molecule has 0 heterocycles. The standard InChI is InChI=1S/C12H25NOS/c1-9-7-10(2)12(11(8-9)13-3)15-6-5-14-4/h9-13H,5-8H2,1-4H3. The summed E-state index contributed by atoms with van der Waals surface area (Å²) in [7, 11) is 3.88. The van der Waals surface area contributed by atoms with Gasteiger partial charge in [0, 0.05) is 24.2 Å². The predicted molar refractivity (Wildman–Crippen MR) is 68.5 cm³/mol. The van der Waals surface area contributed by atoms with Crippen molar-refractivity contribution in [2.75, 3.05) is 26.5 Å². The molecule has 0 amide bonds. The molecule has 1 rings (SSSR count). The Hall–Kier alpha value is 0.270. The number of rotatable bonds is 5. The predicted octanol–water partition coefficient (Wildman–Crippen LogP) is 2.39. The lowest BCUT2D eigenvalue weighted by atomic mass is 9.80. The molecule has 3 heteroatoms. The molecule has 0 saturated heterocycles. The summed E-state index contributed by atoms with van der Waals surface area (Å²) in [5.41, 5.74) is 0. The summed E-state index contributed by atoms with van der Waals surface area (Å²) in [4.78, 5) is 0. The van der Waals surface area contributed by atoms with Gasteiger partial charge in [-0.15, -0.1) is 0 Å². The maximum absolute atomic E-state index is 5.12. The minimum Gasteiger partial charge on any atom is -0.384 e. The average Bonchev–Trinajstić information content (AvgIpc) is 2.20. The zero-order chi connectivity index (χ0) is 11.3. The molecule has 4 atom stereocenters. The van der Waals surface area contributed by atoms with Gasteiger partial charge in [-0.1, -0.05) is 13.8 Å². The lowest BCUT2D eigenvalue weighted by Gasteiger charge is -2.39. The third-order valence-electron chi connectivity index (χ3n) is 3.36. The second-order valence-electron chi connectivity index (χ2n) is 4.78. The van der Waals surface area contributed by atoms with Crippen molar-refractivity contribution in [1.29, 1.82) is 0 Å². The van der Waals surface area contributed by atoms with Gasteiger partial charge in [0.1, 0.15) is 0 Å². The monoisotopic (exact) mass is 231 g/mol. The maximum Gasteiger partial charge on any atom is 0.0553 e. The minimum atomic E-state index is 0.686. The van der Waals surface area contributed by atoms with Crippen LogP contribution in [0.4, 0.5) is 0 Å². The molecular weight excluding hydrogens is 206 g/mol. The van der Waals surface area contributed by atoms with E-state index in [4.69, 9.17) is 4.74 Å². The van der Waals surface area contributed by atoms with E-state index in [0.717, 1.165) is 29.4 Å². The van der Waals surface area contributed by atoms with Crippen molar-refractivity contribution in [3.05, 3.63) is 0 Å². The van der Waals surface area contributed by atoms with Gasteiger partial charge in [-0.2, -0.15) is 11.8 Å². The summed E-state index contributed by atoms with van der Waals surface area (Å²) in [5.74, 6) is 2.82. The van der Waals surface area contributed by atoms with E-state index >= 15 is 0 Å². The zero-order valence-electron chi connectivity index (χ0n) is 10.5. The van der Waals surface area contributed by atoms with Crippen LogP contribution in [0.5, 0.6) is 0 Å². The molecule has 15 heavy (non-hydrogen) atoms. The van der Waals surface area contributed by atoms with Crippen LogP contribution < -0.4 is 5.32 Å². The number of hydrogen-bond acceptors (Lipinski definition) is 3. The molecule has 0 spiro atoms. The van der Waals surface area contributed by atoms with Gasteiger partial charge in [0.25, 0.3) is 0 Å². The Balaban J connectivity index is 2.42. The molecule has 90 valence electrons. The molecule has 4 unspecified atom stereocenters. The summed E-state index contributed by atoms with van der Waals surface area (Å²) < 4.78 is 5.12. The Kier molecular flexibility index (Phi) is 6.02. The van der Waals surface area contributed by atoms with Crippen LogP contribution in [0.2, 0.25) is 0 Å². The number of thioether (sulfide) groups is 1. The second-order valence-corrected chi connectivity index (χ2v) is 6.06. The molecule has 0 bridgehead atoms. The van der Waals surface area contributed by atoms with E-state index in [-0.39, 0.29) is 0 Å². The first kappa shape index (κ1) is 13.3. The first-order valence-electron chi connectivity index (χ1n) is 5.96. The molecule has 0 radical (unpaired) electrons. The van der Waals surface area contributed by atoms with Crippen LogP contribution in [0.25, 0.3) is 0 Å². The normalized spacial score (nSPS) is 36.8. The van der Waals surface area contributed by atoms with Gasteiger partial charge in [-0.25, -0.2) is 0 Å². The van der Waals surface area contributed by atoms with Crippen LogP contribution >= 0.6 is 11.8 Å². The summed E-state index contributed by atoms with van der Waals surface area (Å²) in [6.45, 7) is 5.64. The van der Waals surface area contributed by atoms with Gasteiger partial charge >= 0.3 is 0 Å². The van der Waals surface area contributed by atoms with Crippen molar-refractivity contribution < 1.29 is 4.74 Å². The molecule has 2 nitrogen and oxygen atoms in total. The maximum atomic E-state index is 5.12. The highest BCUT2D eigenvalue weighted by Crippen LogP contribution is 2.36. The summed E-state index contributed by atoms with van der Waals surface area (Å²) in [5, 5.41) is 4.25. The van der Waals surface area contributed by atoms with E-state index in [1.54, 1.807) is 7.11 Å². The van der Waals surface area contributed by atoms with Crippen molar-refractivity contribution in [1.82, 2.24) is 5.32 Å². The van der Waals surface area contributed by atoms with Gasteiger partial charge in [-0.3, -0.25) is 0 Å². The van der Waals surface area contributed by atoms with Crippen LogP contribution in [0, 0.1) is 11.8 Å². The van der Waals surface area contributed by atoms with E-state index in [0.29, 0.717) is 6.04 Å². The highest BCUT2D eigenvalue weighted by molar-refractivity contribution is 8.00. The minimum absolute atomic E-state index is 0.686. The lowest BCUT2D eigenvalue weighted by Crippen LogP contribution is -2.45. The van der Waals surface area contributed by atoms with E-state index in [9.17, 15) is 0 Å². The fourth-order valence-electron chi connectivity index (χ4n) is 2.66. The van der Waals surface area contributed by atoms with Crippen molar-refractivity contribution >= 4 is 11.8 Å². The number of nitrogens with one attached hydrogen (secondary N) is 1. The van der Waals surface area contributed by atoms with Crippen LogP contribution in [0.15, 0.2) is 0 Å². The highest BCUT2D eigenvalue weighted by atomic mass is 32.2. The van der Waals surface area contributed by atoms with Gasteiger partial charge in [-0.05, 0) is 31.7 Å². The van der Waals surface area contributed by atoms with Crippen LogP contribution in [-0.2, 0) is 4.74 Å². The smallest absolute Gasteiger partial charge is 0.0553 e. The molecule has 0 aromatic carbocycles. The third kappa shape index (κ3) is 3.97. The molecule has 1 fully saturated rings. The van der Waals surface area contributed by atoms with Crippen LogP contribution in [0.1, 0.15) is 26.7 Å². The Morgan fingerprint density at radius 2 is 2.07 bits per heavy atom. The molecule has 0 aromatic rings. The summed E-state index contributed by atoms with van der Waals surface area (Å²) >= 11 is 2.08. The zero-order valence-corrected chi connectivity index (χ0v) is 11.3. The third-order valence-corrected chi connectivity index (χ3v) is 4.94.